The van der Waals surface area contributed by atoms with E-state index in [2.05, 4.69) is 10.3 Å². The number of benzene rings is 2. The molecule has 146 valence electrons. The molecule has 0 aliphatic carbocycles. The number of hydrogen-bond acceptors (Lipinski definition) is 4. The number of carbonyl (C=O) groups is 2. The van der Waals surface area contributed by atoms with Gasteiger partial charge in [0.1, 0.15) is 23.7 Å². The van der Waals surface area contributed by atoms with E-state index in [4.69, 9.17) is 16.3 Å². The minimum absolute atomic E-state index is 0.0835. The van der Waals surface area contributed by atoms with Crippen molar-refractivity contribution in [1.82, 2.24) is 4.98 Å². The minimum Gasteiger partial charge on any atom is -0.436 e. The first-order chi connectivity index (χ1) is 13.9. The van der Waals surface area contributed by atoms with Gasteiger partial charge in [0.05, 0.1) is 11.4 Å². The van der Waals surface area contributed by atoms with Crippen molar-refractivity contribution in [2.24, 2.45) is 0 Å². The molecule has 4 rings (SSSR count). The molecule has 29 heavy (non-hydrogen) atoms. The van der Waals surface area contributed by atoms with Crippen molar-refractivity contribution < 1.29 is 23.1 Å². The van der Waals surface area contributed by atoms with Crippen LogP contribution in [-0.2, 0) is 4.79 Å². The number of rotatable bonds is 3. The van der Waals surface area contributed by atoms with E-state index < -0.39 is 30.0 Å². The molecule has 0 fully saturated rings. The van der Waals surface area contributed by atoms with Crippen LogP contribution in [0.3, 0.4) is 0 Å². The highest BCUT2D eigenvalue weighted by molar-refractivity contribution is 6.31. The van der Waals surface area contributed by atoms with Crippen molar-refractivity contribution in [3.05, 3.63) is 76.9 Å². The SMILES string of the molecule is O=C(CN1C(=O)c2cccnc2Oc2ccc(Cl)cc21)Nc1cc(F)ccc1F. The van der Waals surface area contributed by atoms with Crippen molar-refractivity contribution >= 4 is 34.8 Å². The van der Waals surface area contributed by atoms with Crippen LogP contribution in [0.4, 0.5) is 20.2 Å². The summed E-state index contributed by atoms with van der Waals surface area (Å²) in [5.41, 5.74) is 0.0572. The Kier molecular flexibility index (Phi) is 4.85. The largest absolute Gasteiger partial charge is 0.436 e. The van der Waals surface area contributed by atoms with Crippen LogP contribution in [0.25, 0.3) is 0 Å². The predicted octanol–water partition coefficient (Wildman–Crippen LogP) is 4.40. The molecular formula is C20H12ClF2N3O3. The summed E-state index contributed by atoms with van der Waals surface area (Å²) in [5, 5.41) is 2.59. The maximum Gasteiger partial charge on any atom is 0.264 e. The lowest BCUT2D eigenvalue weighted by Gasteiger charge is -2.21. The lowest BCUT2D eigenvalue weighted by molar-refractivity contribution is -0.114. The van der Waals surface area contributed by atoms with Gasteiger partial charge < -0.3 is 10.1 Å². The second kappa shape index (κ2) is 7.48. The van der Waals surface area contributed by atoms with Crippen molar-refractivity contribution in [2.75, 3.05) is 16.8 Å². The summed E-state index contributed by atoms with van der Waals surface area (Å²) in [6.45, 7) is -0.486. The Morgan fingerprint density at radius 3 is 2.83 bits per heavy atom. The van der Waals surface area contributed by atoms with Crippen LogP contribution in [0.15, 0.2) is 54.7 Å². The van der Waals surface area contributed by atoms with E-state index in [1.165, 1.54) is 18.3 Å². The van der Waals surface area contributed by atoms with E-state index in [1.54, 1.807) is 18.2 Å². The summed E-state index contributed by atoms with van der Waals surface area (Å²) in [7, 11) is 0. The Balaban J connectivity index is 1.69. The molecule has 0 unspecified atom stereocenters. The molecular weight excluding hydrogens is 404 g/mol. The van der Waals surface area contributed by atoms with Gasteiger partial charge in [-0.15, -0.1) is 0 Å². The smallest absolute Gasteiger partial charge is 0.264 e. The highest BCUT2D eigenvalue weighted by Crippen LogP contribution is 2.39. The Morgan fingerprint density at radius 2 is 2.00 bits per heavy atom. The fraction of sp³-hybridized carbons (Fsp3) is 0.0500. The lowest BCUT2D eigenvalue weighted by Crippen LogP contribution is -2.38. The Hall–Kier alpha value is -3.52. The quantitative estimate of drug-likeness (QED) is 0.688. The average Bonchev–Trinajstić information content (AvgIpc) is 2.80. The summed E-state index contributed by atoms with van der Waals surface area (Å²) < 4.78 is 32.9. The van der Waals surface area contributed by atoms with Gasteiger partial charge in [0, 0.05) is 17.3 Å². The number of anilines is 2. The van der Waals surface area contributed by atoms with E-state index in [9.17, 15) is 18.4 Å². The molecule has 1 aromatic heterocycles. The number of nitrogens with one attached hydrogen (secondary N) is 1. The first-order valence-electron chi connectivity index (χ1n) is 8.41. The van der Waals surface area contributed by atoms with Crippen LogP contribution >= 0.6 is 11.6 Å². The third-order valence-electron chi connectivity index (χ3n) is 4.17. The molecule has 9 heteroatoms. The molecule has 0 saturated carbocycles. The zero-order valence-electron chi connectivity index (χ0n) is 14.7. The molecule has 2 amide bonds. The average molecular weight is 416 g/mol. The third kappa shape index (κ3) is 3.74. The Labute approximate surface area is 168 Å². The van der Waals surface area contributed by atoms with E-state index in [0.29, 0.717) is 5.02 Å². The second-order valence-corrected chi connectivity index (χ2v) is 6.57. The summed E-state index contributed by atoms with van der Waals surface area (Å²) in [6, 6.07) is 10.3. The summed E-state index contributed by atoms with van der Waals surface area (Å²) in [4.78, 5) is 30.8. The molecule has 0 radical (unpaired) electrons. The molecule has 0 atom stereocenters. The van der Waals surface area contributed by atoms with Crippen LogP contribution in [0.1, 0.15) is 10.4 Å². The molecule has 1 aliphatic rings. The van der Waals surface area contributed by atoms with Crippen LogP contribution in [0.5, 0.6) is 11.6 Å². The molecule has 0 bridgehead atoms. The molecule has 3 aromatic rings. The normalized spacial score (nSPS) is 12.5. The monoisotopic (exact) mass is 415 g/mol. The number of halogens is 3. The minimum atomic E-state index is -0.803. The number of carbonyl (C=O) groups excluding carboxylic acids is 2. The van der Waals surface area contributed by atoms with Gasteiger partial charge in [0.25, 0.3) is 5.91 Å². The number of aromatic nitrogens is 1. The van der Waals surface area contributed by atoms with Crippen LogP contribution in [0, 0.1) is 11.6 Å². The maximum absolute atomic E-state index is 13.8. The van der Waals surface area contributed by atoms with E-state index in [1.807, 2.05) is 0 Å². The Bertz CT molecular complexity index is 1140. The molecule has 2 aromatic carbocycles. The van der Waals surface area contributed by atoms with Gasteiger partial charge in [-0.05, 0) is 42.5 Å². The molecule has 6 nitrogen and oxygen atoms in total. The number of nitrogens with zero attached hydrogens (tertiary/aromatic N) is 2. The second-order valence-electron chi connectivity index (χ2n) is 6.13. The first kappa shape index (κ1) is 18.8. The number of hydrogen-bond donors (Lipinski definition) is 1. The van der Waals surface area contributed by atoms with Gasteiger partial charge in [0.15, 0.2) is 5.75 Å². The number of ether oxygens (including phenoxy) is 1. The maximum atomic E-state index is 13.8. The fourth-order valence-electron chi connectivity index (χ4n) is 2.87. The zero-order chi connectivity index (χ0) is 20.5. The summed E-state index contributed by atoms with van der Waals surface area (Å²) >= 11 is 6.06. The molecule has 2 heterocycles. The number of fused-ring (bicyclic) bond motifs is 2. The van der Waals surface area contributed by atoms with E-state index >= 15 is 0 Å². The molecule has 0 saturated heterocycles. The molecule has 1 aliphatic heterocycles. The number of amides is 2. The predicted molar refractivity (Wildman–Crippen MR) is 102 cm³/mol. The van der Waals surface area contributed by atoms with Gasteiger partial charge in [-0.1, -0.05) is 11.6 Å². The van der Waals surface area contributed by atoms with E-state index in [-0.39, 0.29) is 28.6 Å². The Morgan fingerprint density at radius 1 is 1.17 bits per heavy atom. The van der Waals surface area contributed by atoms with Gasteiger partial charge in [-0.25, -0.2) is 13.8 Å². The molecule has 0 spiro atoms. The highest BCUT2D eigenvalue weighted by atomic mass is 35.5. The van der Waals surface area contributed by atoms with Gasteiger partial charge in [0.2, 0.25) is 11.8 Å². The van der Waals surface area contributed by atoms with Crippen LogP contribution in [-0.4, -0.2) is 23.3 Å². The van der Waals surface area contributed by atoms with Crippen molar-refractivity contribution in [1.29, 1.82) is 0 Å². The third-order valence-corrected chi connectivity index (χ3v) is 4.40. The van der Waals surface area contributed by atoms with Gasteiger partial charge >= 0.3 is 0 Å². The lowest BCUT2D eigenvalue weighted by atomic mass is 10.2. The zero-order valence-corrected chi connectivity index (χ0v) is 15.4. The number of pyridine rings is 1. The van der Waals surface area contributed by atoms with Crippen LogP contribution in [0.2, 0.25) is 5.02 Å². The van der Waals surface area contributed by atoms with Crippen molar-refractivity contribution in [3.8, 4) is 11.6 Å². The highest BCUT2D eigenvalue weighted by Gasteiger charge is 2.30. The van der Waals surface area contributed by atoms with E-state index in [0.717, 1.165) is 23.1 Å². The van der Waals surface area contributed by atoms with Crippen molar-refractivity contribution in [3.63, 3.8) is 0 Å². The summed E-state index contributed by atoms with van der Waals surface area (Å²) in [5.74, 6) is -2.45. The fourth-order valence-corrected chi connectivity index (χ4v) is 3.03. The summed E-state index contributed by atoms with van der Waals surface area (Å²) in [6.07, 6.45) is 1.47. The van der Waals surface area contributed by atoms with Gasteiger partial charge in [-0.3, -0.25) is 14.5 Å². The van der Waals surface area contributed by atoms with Crippen LogP contribution < -0.4 is 15.0 Å². The van der Waals surface area contributed by atoms with Crippen molar-refractivity contribution in [2.45, 2.75) is 0 Å². The first-order valence-corrected chi connectivity index (χ1v) is 8.79. The topological polar surface area (TPSA) is 71.5 Å². The molecule has 1 N–H and O–H groups in total. The standard InChI is InChI=1S/C20H12ClF2N3O3/c21-11-3-6-17-16(8-11)26(20(28)13-2-1-7-24-19(13)29-17)10-18(27)25-15-9-12(22)4-5-14(15)23/h1-9H,10H2,(H,25,27). The van der Waals surface area contributed by atoms with Gasteiger partial charge in [-0.2, -0.15) is 0 Å².